The summed E-state index contributed by atoms with van der Waals surface area (Å²) in [6.07, 6.45) is 3.39. The maximum atomic E-state index is 12.9. The van der Waals surface area contributed by atoms with Crippen LogP contribution in [0.2, 0.25) is 0 Å². The second-order valence-corrected chi connectivity index (χ2v) is 6.42. The Morgan fingerprint density at radius 3 is 2.35 bits per heavy atom. The number of aromatic carboxylic acids is 1. The van der Waals surface area contributed by atoms with Gasteiger partial charge in [-0.3, -0.25) is 4.79 Å². The zero-order chi connectivity index (χ0) is 16.0. The number of nitrogens with zero attached hydrogens (tertiary/aromatic N) is 1. The van der Waals surface area contributed by atoms with Crippen LogP contribution < -0.4 is 4.90 Å². The summed E-state index contributed by atoms with van der Waals surface area (Å²) in [5.41, 5.74) is 3.02. The quantitative estimate of drug-likeness (QED) is 0.924. The maximum Gasteiger partial charge on any atom is 0.335 e. The van der Waals surface area contributed by atoms with Crippen molar-refractivity contribution in [3.63, 3.8) is 0 Å². The van der Waals surface area contributed by atoms with E-state index in [1.807, 2.05) is 18.2 Å². The first kappa shape index (κ1) is 14.0. The average Bonchev–Trinajstić information content (AvgIpc) is 2.54. The molecular formula is C19H17NO3. The third-order valence-electron chi connectivity index (χ3n) is 5.17. The molecule has 2 aliphatic rings. The molecule has 1 heterocycles. The molecule has 1 aliphatic carbocycles. The molecule has 1 fully saturated rings. The van der Waals surface area contributed by atoms with Crippen molar-refractivity contribution < 1.29 is 14.7 Å². The van der Waals surface area contributed by atoms with Crippen LogP contribution in [0.5, 0.6) is 0 Å². The highest BCUT2D eigenvalue weighted by molar-refractivity contribution is 6.09. The number of carboxylic acid groups (broad SMARTS) is 1. The third-order valence-corrected chi connectivity index (χ3v) is 5.17. The van der Waals surface area contributed by atoms with Gasteiger partial charge in [0.25, 0.3) is 5.91 Å². The molecule has 1 aliphatic heterocycles. The van der Waals surface area contributed by atoms with Crippen LogP contribution in [0, 0.1) is 0 Å². The molecule has 0 saturated heterocycles. The number of rotatable bonds is 2. The van der Waals surface area contributed by atoms with Crippen LogP contribution in [-0.4, -0.2) is 23.5 Å². The number of anilines is 1. The molecule has 1 spiro atoms. The number of fused-ring (bicyclic) bond motifs is 2. The Morgan fingerprint density at radius 1 is 1.04 bits per heavy atom. The summed E-state index contributed by atoms with van der Waals surface area (Å²) < 4.78 is 0. The molecule has 1 saturated carbocycles. The van der Waals surface area contributed by atoms with Gasteiger partial charge >= 0.3 is 5.97 Å². The first-order valence-corrected chi connectivity index (χ1v) is 7.85. The lowest BCUT2D eigenvalue weighted by atomic mass is 9.61. The molecular weight excluding hydrogens is 290 g/mol. The Balaban J connectivity index is 1.76. The number of carbonyl (C=O) groups is 2. The predicted molar refractivity (Wildman–Crippen MR) is 87.0 cm³/mol. The van der Waals surface area contributed by atoms with Crippen molar-refractivity contribution in [2.24, 2.45) is 0 Å². The van der Waals surface area contributed by atoms with Gasteiger partial charge in [-0.2, -0.15) is 0 Å². The van der Waals surface area contributed by atoms with E-state index in [9.17, 15) is 9.59 Å². The Bertz CT molecular complexity index is 791. The van der Waals surface area contributed by atoms with Crippen molar-refractivity contribution in [3.05, 3.63) is 65.2 Å². The van der Waals surface area contributed by atoms with E-state index >= 15 is 0 Å². The van der Waals surface area contributed by atoms with Gasteiger partial charge in [0.05, 0.1) is 5.56 Å². The van der Waals surface area contributed by atoms with Gasteiger partial charge in [0.2, 0.25) is 0 Å². The minimum atomic E-state index is -0.956. The van der Waals surface area contributed by atoms with E-state index in [2.05, 4.69) is 6.07 Å². The summed E-state index contributed by atoms with van der Waals surface area (Å²) >= 11 is 0. The van der Waals surface area contributed by atoms with Crippen molar-refractivity contribution in [2.75, 3.05) is 11.4 Å². The Kier molecular flexibility index (Phi) is 3.01. The number of hydrogen-bond acceptors (Lipinski definition) is 2. The number of amides is 1. The lowest BCUT2D eigenvalue weighted by molar-refractivity contribution is 0.0696. The number of carbonyl (C=O) groups excluding carboxylic acids is 1. The van der Waals surface area contributed by atoms with Gasteiger partial charge in [0.15, 0.2) is 0 Å². The van der Waals surface area contributed by atoms with Gasteiger partial charge in [-0.15, -0.1) is 0 Å². The molecule has 4 heteroatoms. The lowest BCUT2D eigenvalue weighted by Gasteiger charge is -2.49. The molecule has 0 unspecified atom stereocenters. The van der Waals surface area contributed by atoms with E-state index in [1.54, 1.807) is 29.2 Å². The smallest absolute Gasteiger partial charge is 0.335 e. The maximum absolute atomic E-state index is 12.9. The Labute approximate surface area is 134 Å². The Morgan fingerprint density at radius 2 is 1.74 bits per heavy atom. The minimum absolute atomic E-state index is 0.00111. The largest absolute Gasteiger partial charge is 0.478 e. The zero-order valence-electron chi connectivity index (χ0n) is 12.7. The van der Waals surface area contributed by atoms with Crippen LogP contribution in [0.3, 0.4) is 0 Å². The van der Waals surface area contributed by atoms with Crippen molar-refractivity contribution in [1.82, 2.24) is 0 Å². The Hall–Kier alpha value is -2.62. The van der Waals surface area contributed by atoms with Crippen molar-refractivity contribution >= 4 is 17.6 Å². The summed E-state index contributed by atoms with van der Waals surface area (Å²) in [7, 11) is 0. The van der Waals surface area contributed by atoms with Gasteiger partial charge in [-0.25, -0.2) is 4.79 Å². The first-order valence-electron chi connectivity index (χ1n) is 7.85. The monoisotopic (exact) mass is 307 g/mol. The highest BCUT2D eigenvalue weighted by atomic mass is 16.4. The van der Waals surface area contributed by atoms with E-state index in [1.165, 1.54) is 12.0 Å². The SMILES string of the molecule is O=C(O)c1ccc(N2CC3(CCC3)c3ccccc3C2=O)cc1. The third kappa shape index (κ3) is 2.05. The van der Waals surface area contributed by atoms with Crippen molar-refractivity contribution in [3.8, 4) is 0 Å². The van der Waals surface area contributed by atoms with Gasteiger partial charge in [-0.05, 0) is 48.7 Å². The molecule has 1 amide bonds. The van der Waals surface area contributed by atoms with E-state index in [0.29, 0.717) is 6.54 Å². The van der Waals surface area contributed by atoms with Gasteiger partial charge in [0.1, 0.15) is 0 Å². The normalized spacial score (nSPS) is 18.4. The fraction of sp³-hybridized carbons (Fsp3) is 0.263. The zero-order valence-corrected chi connectivity index (χ0v) is 12.7. The van der Waals surface area contributed by atoms with E-state index in [4.69, 9.17) is 5.11 Å². The molecule has 4 nitrogen and oxygen atoms in total. The molecule has 0 aromatic heterocycles. The van der Waals surface area contributed by atoms with Crippen LogP contribution in [0.1, 0.15) is 45.5 Å². The number of carboxylic acids is 1. The fourth-order valence-corrected chi connectivity index (χ4v) is 3.76. The van der Waals surface area contributed by atoms with Crippen molar-refractivity contribution in [1.29, 1.82) is 0 Å². The molecule has 23 heavy (non-hydrogen) atoms. The van der Waals surface area contributed by atoms with Crippen LogP contribution in [0.4, 0.5) is 5.69 Å². The second-order valence-electron chi connectivity index (χ2n) is 6.42. The van der Waals surface area contributed by atoms with E-state index in [0.717, 1.165) is 24.1 Å². The molecule has 2 aromatic carbocycles. The fourth-order valence-electron chi connectivity index (χ4n) is 3.76. The van der Waals surface area contributed by atoms with Crippen molar-refractivity contribution in [2.45, 2.75) is 24.7 Å². The highest BCUT2D eigenvalue weighted by Crippen LogP contribution is 2.48. The van der Waals surface area contributed by atoms with E-state index in [-0.39, 0.29) is 16.9 Å². The number of benzene rings is 2. The molecule has 1 N–H and O–H groups in total. The lowest BCUT2D eigenvalue weighted by Crippen LogP contribution is -2.53. The summed E-state index contributed by atoms with van der Waals surface area (Å²) in [6.45, 7) is 0.676. The summed E-state index contributed by atoms with van der Waals surface area (Å²) in [6, 6.07) is 14.4. The summed E-state index contributed by atoms with van der Waals surface area (Å²) in [5.74, 6) is -0.955. The standard InChI is InChI=1S/C19H17NO3/c21-17-15-4-1-2-5-16(15)19(10-3-11-19)12-20(17)14-8-6-13(7-9-14)18(22)23/h1-2,4-9H,3,10-12H2,(H,22,23). The molecule has 0 atom stereocenters. The molecule has 2 aromatic rings. The average molecular weight is 307 g/mol. The molecule has 116 valence electrons. The predicted octanol–water partition coefficient (Wildman–Crippen LogP) is 3.47. The number of hydrogen-bond donors (Lipinski definition) is 1. The molecule has 4 rings (SSSR count). The summed E-state index contributed by atoms with van der Waals surface area (Å²) in [5, 5.41) is 9.02. The van der Waals surface area contributed by atoms with Crippen LogP contribution in [0.15, 0.2) is 48.5 Å². The second kappa shape index (κ2) is 4.95. The highest BCUT2D eigenvalue weighted by Gasteiger charge is 2.47. The van der Waals surface area contributed by atoms with E-state index < -0.39 is 5.97 Å². The summed E-state index contributed by atoms with van der Waals surface area (Å²) in [4.78, 5) is 25.7. The van der Waals surface area contributed by atoms with Gasteiger partial charge < -0.3 is 10.0 Å². The topological polar surface area (TPSA) is 57.6 Å². The molecule has 0 bridgehead atoms. The van der Waals surface area contributed by atoms with Gasteiger partial charge in [-0.1, -0.05) is 24.6 Å². The van der Waals surface area contributed by atoms with Crippen LogP contribution in [0.25, 0.3) is 0 Å². The van der Waals surface area contributed by atoms with Crippen LogP contribution >= 0.6 is 0 Å². The van der Waals surface area contributed by atoms with Crippen LogP contribution in [-0.2, 0) is 5.41 Å². The molecule has 0 radical (unpaired) electrons. The van der Waals surface area contributed by atoms with Gasteiger partial charge in [0, 0.05) is 23.2 Å². The minimum Gasteiger partial charge on any atom is -0.478 e. The first-order chi connectivity index (χ1) is 11.1.